The molecule has 4 heteroatoms. The van der Waals surface area contributed by atoms with Gasteiger partial charge in [-0.15, -0.1) is 0 Å². The van der Waals surface area contributed by atoms with Gasteiger partial charge in [-0.3, -0.25) is 0 Å². The van der Waals surface area contributed by atoms with Crippen LogP contribution in [0, 0.1) is 0 Å². The maximum Gasteiger partial charge on any atom is 0.0502 e. The first-order chi connectivity index (χ1) is 5.18. The highest BCUT2D eigenvalue weighted by molar-refractivity contribution is 7.82. The van der Waals surface area contributed by atoms with Gasteiger partial charge >= 0.3 is 0 Å². The molecule has 68 valence electrons. The van der Waals surface area contributed by atoms with Crippen LogP contribution in [0.4, 0.5) is 0 Å². The number of rotatable bonds is 6. The third kappa shape index (κ3) is 4.63. The van der Waals surface area contributed by atoms with Gasteiger partial charge < -0.3 is 16.0 Å². The van der Waals surface area contributed by atoms with Gasteiger partial charge in [0.15, 0.2) is 0 Å². The molecule has 0 heterocycles. The van der Waals surface area contributed by atoms with Gasteiger partial charge in [0.05, 0.1) is 4.75 Å². The zero-order valence-electron chi connectivity index (χ0n) is 7.57. The van der Waals surface area contributed by atoms with Gasteiger partial charge in [0.1, 0.15) is 0 Å². The van der Waals surface area contributed by atoms with Crippen LogP contribution < -0.4 is 16.0 Å². The highest BCUT2D eigenvalue weighted by Crippen LogP contribution is 2.10. The summed E-state index contributed by atoms with van der Waals surface area (Å²) >= 11 is 4.57. The van der Waals surface area contributed by atoms with Crippen LogP contribution in [0.2, 0.25) is 0 Å². The predicted molar refractivity (Wildman–Crippen MR) is 53.5 cm³/mol. The smallest absolute Gasteiger partial charge is 0.0502 e. The molecular weight excluding hydrogens is 158 g/mol. The molecule has 11 heavy (non-hydrogen) atoms. The molecule has 0 aromatic heterocycles. The second kappa shape index (κ2) is 5.83. The van der Waals surface area contributed by atoms with Gasteiger partial charge in [0.25, 0.3) is 0 Å². The Bertz CT molecular complexity index is 80.7. The summed E-state index contributed by atoms with van der Waals surface area (Å²) in [5.41, 5.74) is 0. The van der Waals surface area contributed by atoms with E-state index < -0.39 is 0 Å². The minimum atomic E-state index is 0.0122. The number of hydrogen-bond donors (Lipinski definition) is 4. The van der Waals surface area contributed by atoms with Crippen molar-refractivity contribution in [3.05, 3.63) is 0 Å². The summed E-state index contributed by atoms with van der Waals surface area (Å²) in [5.74, 6) is 0. The third-order valence-electron chi connectivity index (χ3n) is 1.52. The van der Waals surface area contributed by atoms with Crippen molar-refractivity contribution >= 4 is 12.6 Å². The van der Waals surface area contributed by atoms with Crippen LogP contribution in [0.5, 0.6) is 0 Å². The molecule has 0 saturated heterocycles. The van der Waals surface area contributed by atoms with Gasteiger partial charge in [0, 0.05) is 19.6 Å². The van der Waals surface area contributed by atoms with Gasteiger partial charge in [-0.1, -0.05) is 0 Å². The number of hydrogen-bond acceptors (Lipinski definition) is 4. The van der Waals surface area contributed by atoms with E-state index in [9.17, 15) is 0 Å². The molecule has 3 N–H and O–H groups in total. The maximum atomic E-state index is 4.57. The average molecular weight is 177 g/mol. The average Bonchev–Trinajstić information content (AvgIpc) is 1.88. The molecule has 0 bridgehead atoms. The van der Waals surface area contributed by atoms with E-state index in [4.69, 9.17) is 0 Å². The molecular formula is C7H19N3S. The molecule has 0 rings (SSSR count). The number of thiol groups is 1. The first-order valence-corrected chi connectivity index (χ1v) is 4.29. The second-order valence-corrected chi connectivity index (χ2v) is 3.76. The summed E-state index contributed by atoms with van der Waals surface area (Å²) in [6.45, 7) is 2.70. The van der Waals surface area contributed by atoms with Crippen LogP contribution in [0.15, 0.2) is 0 Å². The summed E-state index contributed by atoms with van der Waals surface area (Å²) in [4.78, 5) is 0. The third-order valence-corrected chi connectivity index (χ3v) is 1.99. The Morgan fingerprint density at radius 2 is 1.18 bits per heavy atom. The molecule has 0 unspecified atom stereocenters. The molecule has 0 radical (unpaired) electrons. The molecule has 0 saturated carbocycles. The second-order valence-electron chi connectivity index (χ2n) is 2.82. The van der Waals surface area contributed by atoms with E-state index >= 15 is 0 Å². The quantitative estimate of drug-likeness (QED) is 0.406. The summed E-state index contributed by atoms with van der Waals surface area (Å²) < 4.78 is 0.0122. The van der Waals surface area contributed by atoms with Crippen molar-refractivity contribution in [2.45, 2.75) is 4.75 Å². The van der Waals surface area contributed by atoms with Crippen molar-refractivity contribution in [2.24, 2.45) is 0 Å². The lowest BCUT2D eigenvalue weighted by Gasteiger charge is -2.27. The molecule has 0 aromatic rings. The number of nitrogens with one attached hydrogen (secondary N) is 3. The summed E-state index contributed by atoms with van der Waals surface area (Å²) in [6.07, 6.45) is 0. The standard InChI is InChI=1S/C7H19N3S/c1-8-4-7(11,5-9-2)6-10-3/h8-11H,4-6H2,1-3H3. The highest BCUT2D eigenvalue weighted by atomic mass is 32.1. The zero-order valence-corrected chi connectivity index (χ0v) is 8.46. The molecule has 0 amide bonds. The van der Waals surface area contributed by atoms with Crippen LogP contribution in [0.25, 0.3) is 0 Å². The van der Waals surface area contributed by atoms with E-state index in [2.05, 4.69) is 28.6 Å². The Morgan fingerprint density at radius 1 is 0.909 bits per heavy atom. The van der Waals surface area contributed by atoms with Gasteiger partial charge in [-0.05, 0) is 21.1 Å². The topological polar surface area (TPSA) is 36.1 Å². The fraction of sp³-hybridized carbons (Fsp3) is 1.00. The SMILES string of the molecule is CNCC(S)(CNC)CNC. The van der Waals surface area contributed by atoms with E-state index in [0.29, 0.717) is 0 Å². The normalized spacial score (nSPS) is 12.0. The van der Waals surface area contributed by atoms with Gasteiger partial charge in [-0.2, -0.15) is 12.6 Å². The van der Waals surface area contributed by atoms with Crippen molar-refractivity contribution in [1.29, 1.82) is 0 Å². The zero-order chi connectivity index (χ0) is 8.74. The Morgan fingerprint density at radius 3 is 1.36 bits per heavy atom. The molecule has 0 aliphatic heterocycles. The lowest BCUT2D eigenvalue weighted by atomic mass is 10.1. The van der Waals surface area contributed by atoms with Crippen molar-refractivity contribution < 1.29 is 0 Å². The van der Waals surface area contributed by atoms with Gasteiger partial charge in [-0.25, -0.2) is 0 Å². The van der Waals surface area contributed by atoms with E-state index in [1.807, 2.05) is 21.1 Å². The fourth-order valence-electron chi connectivity index (χ4n) is 1.17. The van der Waals surface area contributed by atoms with Crippen LogP contribution in [0.3, 0.4) is 0 Å². The van der Waals surface area contributed by atoms with Gasteiger partial charge in [0.2, 0.25) is 0 Å². The lowest BCUT2D eigenvalue weighted by molar-refractivity contribution is 0.503. The molecule has 0 aliphatic rings. The Balaban J connectivity index is 3.79. The van der Waals surface area contributed by atoms with Crippen LogP contribution in [0.1, 0.15) is 0 Å². The summed E-state index contributed by atoms with van der Waals surface area (Å²) in [6, 6.07) is 0. The van der Waals surface area contributed by atoms with E-state index in [1.54, 1.807) is 0 Å². The summed E-state index contributed by atoms with van der Waals surface area (Å²) in [7, 11) is 5.82. The Kier molecular flexibility index (Phi) is 5.95. The lowest BCUT2D eigenvalue weighted by Crippen LogP contribution is -2.48. The first-order valence-electron chi connectivity index (χ1n) is 3.84. The minimum absolute atomic E-state index is 0.0122. The molecule has 0 spiro atoms. The van der Waals surface area contributed by atoms with Crippen LogP contribution in [-0.2, 0) is 0 Å². The van der Waals surface area contributed by atoms with Crippen molar-refractivity contribution in [3.8, 4) is 0 Å². The molecule has 0 aromatic carbocycles. The largest absolute Gasteiger partial charge is 0.318 e. The molecule has 0 aliphatic carbocycles. The maximum absolute atomic E-state index is 4.57. The van der Waals surface area contributed by atoms with E-state index in [1.165, 1.54) is 0 Å². The van der Waals surface area contributed by atoms with E-state index in [-0.39, 0.29) is 4.75 Å². The van der Waals surface area contributed by atoms with Crippen molar-refractivity contribution in [1.82, 2.24) is 16.0 Å². The van der Waals surface area contributed by atoms with Crippen molar-refractivity contribution in [2.75, 3.05) is 40.8 Å². The predicted octanol–water partition coefficient (Wildman–Crippen LogP) is -0.687. The highest BCUT2D eigenvalue weighted by Gasteiger charge is 2.22. The summed E-state index contributed by atoms with van der Waals surface area (Å²) in [5, 5.41) is 9.36. The molecule has 3 nitrogen and oxygen atoms in total. The van der Waals surface area contributed by atoms with E-state index in [0.717, 1.165) is 19.6 Å². The fourth-order valence-corrected chi connectivity index (χ4v) is 1.65. The monoisotopic (exact) mass is 177 g/mol. The van der Waals surface area contributed by atoms with Crippen LogP contribution in [-0.4, -0.2) is 45.5 Å². The van der Waals surface area contributed by atoms with Crippen molar-refractivity contribution in [3.63, 3.8) is 0 Å². The molecule has 0 atom stereocenters. The van der Waals surface area contributed by atoms with Crippen LogP contribution >= 0.6 is 12.6 Å². The minimum Gasteiger partial charge on any atom is -0.318 e. The Hall–Kier alpha value is 0.230. The first kappa shape index (κ1) is 11.2. The molecule has 0 fully saturated rings. The Labute approximate surface area is 74.7 Å².